The lowest BCUT2D eigenvalue weighted by atomic mass is 9.84. The van der Waals surface area contributed by atoms with E-state index in [9.17, 15) is 76.7 Å². The molecule has 15 nitrogen and oxygen atoms in total. The number of benzene rings is 2. The average Bonchev–Trinajstić information content (AvgIpc) is 1.71. The Labute approximate surface area is 563 Å². The van der Waals surface area contributed by atoms with E-state index in [1.54, 1.807) is 0 Å². The van der Waals surface area contributed by atoms with Gasteiger partial charge in [-0.3, -0.25) is 19.3 Å². The summed E-state index contributed by atoms with van der Waals surface area (Å²) in [5.74, 6) is 6.06. The summed E-state index contributed by atoms with van der Waals surface area (Å²) in [6.07, 6.45) is -25.3. The van der Waals surface area contributed by atoms with Gasteiger partial charge in [-0.25, -0.2) is 9.59 Å². The molecule has 6 aliphatic heterocycles. The van der Waals surface area contributed by atoms with Gasteiger partial charge in [-0.1, -0.05) is 57.2 Å². The molecule has 97 heavy (non-hydrogen) atoms. The van der Waals surface area contributed by atoms with E-state index in [0.717, 1.165) is 109 Å². The Morgan fingerprint density at radius 3 is 1.33 bits per heavy atom. The summed E-state index contributed by atoms with van der Waals surface area (Å²) in [5.41, 5.74) is 10.8. The molecule has 1 N–H and O–H groups in total. The Hall–Kier alpha value is -6.18. The summed E-state index contributed by atoms with van der Waals surface area (Å²) in [7, 11) is -3.09. The number of nitrogens with one attached hydrogen (secondary N) is 1. The Morgan fingerprint density at radius 1 is 0.546 bits per heavy atom. The smallest absolute Gasteiger partial charge is 0.434 e. The van der Waals surface area contributed by atoms with Crippen LogP contribution >= 0.6 is 0 Å². The van der Waals surface area contributed by atoms with E-state index in [2.05, 4.69) is 104 Å². The molecule has 6 fully saturated rings. The maximum atomic E-state index is 13.0. The topological polar surface area (TPSA) is 150 Å². The Morgan fingerprint density at radius 2 is 0.948 bits per heavy atom. The zero-order chi connectivity index (χ0) is 72.5. The van der Waals surface area contributed by atoms with E-state index in [0.29, 0.717) is 63.7 Å². The van der Waals surface area contributed by atoms with Crippen molar-refractivity contribution in [3.8, 4) is 22.9 Å². The molecule has 6 heterocycles. The highest BCUT2D eigenvalue weighted by molar-refractivity contribution is 6.84. The van der Waals surface area contributed by atoms with Gasteiger partial charge in [0.1, 0.15) is 27.3 Å². The first kappa shape index (κ1) is 79.8. The van der Waals surface area contributed by atoms with Gasteiger partial charge in [-0.15, -0.1) is 11.1 Å². The van der Waals surface area contributed by atoms with Gasteiger partial charge in [0, 0.05) is 98.0 Å². The van der Waals surface area contributed by atoms with E-state index in [-0.39, 0.29) is 61.0 Å². The fourth-order valence-corrected chi connectivity index (χ4v) is 13.6. The van der Waals surface area contributed by atoms with Crippen molar-refractivity contribution in [2.75, 3.05) is 75.2 Å². The standard InChI is InChI=1S/C34H47F6N3O4Si.C22H31NO3Si.C12H16F6N2O2/c1-31(2,3)47-28(44)25-10-17-41(18-11-25)27-22-24(12-21-48(4,5)6)8-9-26(27)23-43-16-7-13-32(43)14-19-42(20-15-32)30(45)46-29(33(35,36)37)34(38,39)40;1-22(2,3)26-21(25)18-9-12-23(13-10-18)20-15-17(7-8-19(20)16-24)11-14-27(4,5)6;13-11(14,15)8(12(16,17)18)22-9(21)20-6-3-10(4-7-20)2-1-5-19-10/h8-9,22,25,29H,7,10-11,13-20,23H2,1-6H3;7-8,15-16,18H,9-10,12-13H2,1-6H3;8,19H,1-7H2. The van der Waals surface area contributed by atoms with E-state index in [1.165, 1.54) is 0 Å². The summed E-state index contributed by atoms with van der Waals surface area (Å²) in [6.45, 7) is 29.5. The second-order valence-corrected chi connectivity index (χ2v) is 39.6. The first-order valence-electron chi connectivity index (χ1n) is 33.0. The first-order chi connectivity index (χ1) is 44.6. The normalized spacial score (nSPS) is 19.2. The van der Waals surface area contributed by atoms with Crippen LogP contribution in [-0.2, 0) is 35.1 Å². The number of carbonyl (C=O) groups is 5. The highest BCUT2D eigenvalue weighted by Gasteiger charge is 2.62. The summed E-state index contributed by atoms with van der Waals surface area (Å²) < 4.78 is 171. The number of piperidine rings is 4. The number of carbonyl (C=O) groups excluding carboxylic acids is 5. The molecule has 0 saturated carbocycles. The Kier molecular flexibility index (Phi) is 26.0. The second kappa shape index (κ2) is 31.6. The number of ether oxygens (including phenoxy) is 4. The van der Waals surface area contributed by atoms with Gasteiger partial charge >= 0.3 is 48.8 Å². The monoisotopic (exact) mass is 1420 g/mol. The van der Waals surface area contributed by atoms with Crippen LogP contribution in [0.3, 0.4) is 0 Å². The van der Waals surface area contributed by atoms with Crippen LogP contribution in [0.15, 0.2) is 36.4 Å². The molecule has 0 bridgehead atoms. The minimum absolute atomic E-state index is 0.00593. The molecule has 0 aromatic heterocycles. The van der Waals surface area contributed by atoms with Crippen LogP contribution in [0.2, 0.25) is 39.3 Å². The first-order valence-corrected chi connectivity index (χ1v) is 40.0. The molecule has 0 radical (unpaired) electrons. The molecule has 2 aromatic rings. The van der Waals surface area contributed by atoms with Crippen LogP contribution in [0.5, 0.6) is 0 Å². The number of anilines is 2. The number of amides is 2. The highest BCUT2D eigenvalue weighted by Crippen LogP contribution is 2.43. The van der Waals surface area contributed by atoms with Gasteiger partial charge in [0.25, 0.3) is 12.2 Å². The lowest BCUT2D eigenvalue weighted by molar-refractivity contribution is -0.309. The fourth-order valence-electron chi connectivity index (χ4n) is 12.6. The lowest BCUT2D eigenvalue weighted by Gasteiger charge is -2.45. The summed E-state index contributed by atoms with van der Waals surface area (Å²) in [4.78, 5) is 69.2. The van der Waals surface area contributed by atoms with Crippen molar-refractivity contribution < 1.29 is 95.6 Å². The molecule has 6 saturated heterocycles. The van der Waals surface area contributed by atoms with Crippen molar-refractivity contribution in [2.45, 2.75) is 224 Å². The van der Waals surface area contributed by atoms with Crippen LogP contribution < -0.4 is 15.1 Å². The van der Waals surface area contributed by atoms with Gasteiger partial charge < -0.3 is 43.9 Å². The number of nitrogens with zero attached hydrogens (tertiary/aromatic N) is 5. The van der Waals surface area contributed by atoms with Gasteiger partial charge in [0.05, 0.1) is 11.8 Å². The number of halogens is 12. The summed E-state index contributed by atoms with van der Waals surface area (Å²) in [6, 6.07) is 12.0. The average molecular weight is 1420 g/mol. The van der Waals surface area contributed by atoms with Crippen LogP contribution in [0.25, 0.3) is 0 Å². The molecule has 8 rings (SSSR count). The van der Waals surface area contributed by atoms with Crippen molar-refractivity contribution in [2.24, 2.45) is 11.8 Å². The second-order valence-electron chi connectivity index (χ2n) is 30.1. The van der Waals surface area contributed by atoms with Crippen LogP contribution in [0.1, 0.15) is 146 Å². The third kappa shape index (κ3) is 24.0. The molecular weight excluding hydrogens is 1330 g/mol. The number of hydrogen-bond donors (Lipinski definition) is 1. The quantitative estimate of drug-likeness (QED) is 0.0634. The van der Waals surface area contributed by atoms with Gasteiger partial charge in [0.15, 0.2) is 6.29 Å². The third-order valence-electron chi connectivity index (χ3n) is 17.5. The SMILES string of the molecule is CC(C)(C)OC(=O)C1CCN(c2cc(C#C[Si](C)(C)C)ccc2C=O)CC1.CC(C)(C)OC(=O)C1CCN(c2cc(C#C[Si](C)(C)C)ccc2CN2CCCC23CCN(C(=O)OC(C(F)(F)F)C(F)(F)F)CC3)CC1.O=C(OC(C(F)(F)F)C(F)(F)F)N1CCC2(CCCN2)CC1. The van der Waals surface area contributed by atoms with Crippen LogP contribution in [-0.4, -0.2) is 186 Å². The Bertz CT molecular complexity index is 3140. The number of alkyl halides is 12. The molecule has 2 amide bonds. The molecule has 6 aliphatic rings. The molecule has 0 aliphatic carbocycles. The van der Waals surface area contributed by atoms with Crippen molar-refractivity contribution in [1.82, 2.24) is 20.0 Å². The summed E-state index contributed by atoms with van der Waals surface area (Å²) in [5, 5.41) is 3.28. The molecule has 29 heteroatoms. The zero-order valence-electron chi connectivity index (χ0n) is 57.6. The van der Waals surface area contributed by atoms with Gasteiger partial charge in [-0.2, -0.15) is 52.7 Å². The molecule has 2 spiro atoms. The van der Waals surface area contributed by atoms with E-state index in [1.807, 2.05) is 65.8 Å². The van der Waals surface area contributed by atoms with Gasteiger partial charge in [-0.05, 0) is 168 Å². The van der Waals surface area contributed by atoms with Crippen LogP contribution in [0.4, 0.5) is 73.6 Å². The van der Waals surface area contributed by atoms with E-state index in [4.69, 9.17) is 9.47 Å². The minimum Gasteiger partial charge on any atom is -0.460 e. The van der Waals surface area contributed by atoms with E-state index < -0.39 is 76.4 Å². The maximum absolute atomic E-state index is 13.0. The summed E-state index contributed by atoms with van der Waals surface area (Å²) >= 11 is 0. The number of likely N-dealkylation sites (tertiary alicyclic amines) is 3. The number of esters is 2. The van der Waals surface area contributed by atoms with Crippen molar-refractivity contribution >= 4 is 57.9 Å². The molecule has 0 atom stereocenters. The minimum atomic E-state index is -5.76. The van der Waals surface area contributed by atoms with E-state index >= 15 is 0 Å². The number of aldehydes is 1. The maximum Gasteiger partial charge on any atom is 0.434 e. The van der Waals surface area contributed by atoms with Crippen molar-refractivity contribution in [3.05, 3.63) is 58.7 Å². The molecule has 0 unspecified atom stereocenters. The van der Waals surface area contributed by atoms with Crippen LogP contribution in [0, 0.1) is 34.8 Å². The molecule has 542 valence electrons. The fraction of sp³-hybridized carbons (Fsp3) is 0.691. The van der Waals surface area contributed by atoms with Crippen molar-refractivity contribution in [1.29, 1.82) is 0 Å². The molecular formula is C68H94F12N6O9Si2. The molecule has 2 aromatic carbocycles. The zero-order valence-corrected chi connectivity index (χ0v) is 59.6. The third-order valence-corrected chi connectivity index (χ3v) is 19.3. The predicted octanol–water partition coefficient (Wildman–Crippen LogP) is 14.7. The van der Waals surface area contributed by atoms with Crippen molar-refractivity contribution in [3.63, 3.8) is 0 Å². The Balaban J connectivity index is 0.000000255. The number of hydrogen-bond acceptors (Lipinski definition) is 13. The van der Waals surface area contributed by atoms with Gasteiger partial charge in [0.2, 0.25) is 0 Å². The largest absolute Gasteiger partial charge is 0.460 e. The predicted molar refractivity (Wildman–Crippen MR) is 349 cm³/mol. The lowest BCUT2D eigenvalue weighted by Crippen LogP contribution is -2.54. The number of rotatable bonds is 9. The highest BCUT2D eigenvalue weighted by atomic mass is 28.3.